The van der Waals surface area contributed by atoms with Crippen molar-refractivity contribution in [2.45, 2.75) is 124 Å². The number of halogens is 1. The van der Waals surface area contributed by atoms with Gasteiger partial charge in [0.25, 0.3) is 0 Å². The second-order valence-corrected chi connectivity index (χ2v) is 17.8. The van der Waals surface area contributed by atoms with Crippen LogP contribution in [-0.4, -0.2) is 67.8 Å². The fourth-order valence-corrected chi connectivity index (χ4v) is 8.26. The number of rotatable bonds is 26. The van der Waals surface area contributed by atoms with Crippen molar-refractivity contribution in [1.82, 2.24) is 0 Å². The quantitative estimate of drug-likeness (QED) is 0.0350. The minimum Gasteiger partial charge on any atom is -0.492 e. The van der Waals surface area contributed by atoms with Crippen molar-refractivity contribution >= 4 is 17.9 Å². The van der Waals surface area contributed by atoms with E-state index >= 15 is 4.39 Å². The van der Waals surface area contributed by atoms with E-state index in [1.165, 1.54) is 52.4 Å². The maximum Gasteiger partial charge on any atom is 0.333 e. The lowest BCUT2D eigenvalue weighted by atomic mass is 9.76. The largest absolute Gasteiger partial charge is 0.492 e. The summed E-state index contributed by atoms with van der Waals surface area (Å²) in [7, 11) is 0. The molecule has 10 heteroatoms. The summed E-state index contributed by atoms with van der Waals surface area (Å²) in [5.41, 5.74) is 6.28. The summed E-state index contributed by atoms with van der Waals surface area (Å²) in [6.45, 7) is 18.6. The summed E-state index contributed by atoms with van der Waals surface area (Å²) in [5.74, 6) is -0.403. The molecule has 0 spiro atoms. The molecule has 1 aliphatic rings. The standard InChI is InChI=1S/C54H71FO9/c1-9-11-12-15-39-18-20-41(21-19-39)42-22-24-46(49(55)31-42)48-30-43(17-14-27-61-51(58)36(3)4)47(29-40(48)10-2)44-23-25-50(45(28-44)16-13-26-56)62-33-54(32-57,34-63-52(59)37(5)6)35-64-53(60)38(7)8/h22-25,28-31,39,41,56-57H,3,5,7,9-21,26-27,32-35H2,1-2,4,6,8H3. The number of carbonyl (C=O) groups is 3. The molecule has 4 rings (SSSR count). The second-order valence-electron chi connectivity index (χ2n) is 17.8. The van der Waals surface area contributed by atoms with Crippen LogP contribution in [-0.2, 0) is 47.9 Å². The highest BCUT2D eigenvalue weighted by Crippen LogP contribution is 2.41. The van der Waals surface area contributed by atoms with Gasteiger partial charge in [0.15, 0.2) is 0 Å². The van der Waals surface area contributed by atoms with Gasteiger partial charge in [0.2, 0.25) is 0 Å². The van der Waals surface area contributed by atoms with Crippen LogP contribution in [0.1, 0.15) is 127 Å². The van der Waals surface area contributed by atoms with Gasteiger partial charge in [0.1, 0.15) is 31.4 Å². The molecule has 0 saturated heterocycles. The van der Waals surface area contributed by atoms with E-state index < -0.39 is 29.9 Å². The molecule has 0 heterocycles. The minimum atomic E-state index is -1.32. The summed E-state index contributed by atoms with van der Waals surface area (Å²) in [6.07, 6.45) is 12.3. The average Bonchev–Trinajstić information content (AvgIpc) is 3.29. The molecular weight excluding hydrogens is 812 g/mol. The zero-order valence-electron chi connectivity index (χ0n) is 39.0. The minimum absolute atomic E-state index is 0.0640. The molecule has 3 aromatic carbocycles. The summed E-state index contributed by atoms with van der Waals surface area (Å²) >= 11 is 0. The Morgan fingerprint density at radius 3 is 1.89 bits per heavy atom. The number of esters is 3. The van der Waals surface area contributed by atoms with Crippen molar-refractivity contribution in [2.24, 2.45) is 11.3 Å². The molecule has 1 saturated carbocycles. The lowest BCUT2D eigenvalue weighted by Gasteiger charge is -2.31. The van der Waals surface area contributed by atoms with Crippen LogP contribution >= 0.6 is 0 Å². The van der Waals surface area contributed by atoms with Gasteiger partial charge in [-0.05, 0) is 148 Å². The van der Waals surface area contributed by atoms with Crippen LogP contribution in [0.5, 0.6) is 5.75 Å². The Bertz CT molecular complexity index is 2060. The molecule has 0 unspecified atom stereocenters. The maximum absolute atomic E-state index is 16.4. The molecule has 9 nitrogen and oxygen atoms in total. The van der Waals surface area contributed by atoms with Crippen molar-refractivity contribution in [2.75, 3.05) is 39.6 Å². The predicted molar refractivity (Wildman–Crippen MR) is 252 cm³/mol. The van der Waals surface area contributed by atoms with Gasteiger partial charge in [-0.3, -0.25) is 0 Å². The number of aliphatic hydroxyl groups is 2. The Balaban J connectivity index is 1.71. The number of benzene rings is 3. The Labute approximate surface area is 380 Å². The lowest BCUT2D eigenvalue weighted by Crippen LogP contribution is -2.43. The Hall–Kier alpha value is -5.06. The van der Waals surface area contributed by atoms with E-state index in [0.29, 0.717) is 54.9 Å². The molecule has 0 aliphatic heterocycles. The normalized spacial score (nSPS) is 15.0. The van der Waals surface area contributed by atoms with Gasteiger partial charge in [-0.1, -0.05) is 89.6 Å². The van der Waals surface area contributed by atoms with Gasteiger partial charge in [0.05, 0.1) is 18.6 Å². The SMILES string of the molecule is C=C(C)C(=O)OCCCc1cc(-c2ccc(C3CCC(CCCCC)CC3)cc2F)c(CC)cc1-c1ccc(OCC(CO)(COC(=O)C(=C)C)COC(=O)C(=C)C)c(CCCO)c1. The third-order valence-corrected chi connectivity index (χ3v) is 12.3. The van der Waals surface area contributed by atoms with Gasteiger partial charge in [0, 0.05) is 28.9 Å². The molecule has 3 aromatic rings. The van der Waals surface area contributed by atoms with E-state index in [1.807, 2.05) is 24.3 Å². The molecule has 348 valence electrons. The third-order valence-electron chi connectivity index (χ3n) is 12.3. The van der Waals surface area contributed by atoms with Crippen LogP contribution in [0.25, 0.3) is 22.3 Å². The van der Waals surface area contributed by atoms with Gasteiger partial charge in [-0.2, -0.15) is 0 Å². The average molecular weight is 883 g/mol. The topological polar surface area (TPSA) is 129 Å². The van der Waals surface area contributed by atoms with Crippen LogP contribution in [0, 0.1) is 17.2 Å². The van der Waals surface area contributed by atoms with Crippen LogP contribution in [0.15, 0.2) is 85.0 Å². The van der Waals surface area contributed by atoms with Gasteiger partial charge in [-0.15, -0.1) is 0 Å². The number of hydrogen-bond donors (Lipinski definition) is 2. The van der Waals surface area contributed by atoms with Crippen LogP contribution in [0.4, 0.5) is 4.39 Å². The number of aryl methyl sites for hydroxylation is 3. The Morgan fingerprint density at radius 2 is 1.31 bits per heavy atom. The molecule has 1 fully saturated rings. The molecule has 2 N–H and O–H groups in total. The van der Waals surface area contributed by atoms with Crippen molar-refractivity contribution < 1.29 is 47.9 Å². The highest BCUT2D eigenvalue weighted by atomic mass is 19.1. The fraction of sp³-hybridized carbons (Fsp3) is 0.500. The van der Waals surface area contributed by atoms with Crippen molar-refractivity contribution in [3.63, 3.8) is 0 Å². The molecular formula is C54H71FO9. The number of aliphatic hydroxyl groups excluding tert-OH is 2. The van der Waals surface area contributed by atoms with E-state index in [2.05, 4.69) is 51.8 Å². The second kappa shape index (κ2) is 25.4. The highest BCUT2D eigenvalue weighted by Gasteiger charge is 2.35. The molecule has 0 radical (unpaired) electrons. The van der Waals surface area contributed by atoms with Gasteiger partial charge < -0.3 is 29.2 Å². The first-order valence-corrected chi connectivity index (χ1v) is 23.1. The van der Waals surface area contributed by atoms with Crippen molar-refractivity contribution in [3.8, 4) is 28.0 Å². The smallest absolute Gasteiger partial charge is 0.333 e. The van der Waals surface area contributed by atoms with Gasteiger partial charge >= 0.3 is 17.9 Å². The first-order chi connectivity index (χ1) is 30.6. The highest BCUT2D eigenvalue weighted by molar-refractivity contribution is 5.88. The zero-order chi connectivity index (χ0) is 46.8. The lowest BCUT2D eigenvalue weighted by molar-refractivity contribution is -0.153. The molecule has 0 atom stereocenters. The van der Waals surface area contributed by atoms with Crippen molar-refractivity contribution in [3.05, 3.63) is 113 Å². The van der Waals surface area contributed by atoms with Crippen LogP contribution < -0.4 is 4.74 Å². The van der Waals surface area contributed by atoms with E-state index in [4.69, 9.17) is 18.9 Å². The first-order valence-electron chi connectivity index (χ1n) is 23.1. The van der Waals surface area contributed by atoms with E-state index in [1.54, 1.807) is 13.0 Å². The fourth-order valence-electron chi connectivity index (χ4n) is 8.26. The monoisotopic (exact) mass is 883 g/mol. The van der Waals surface area contributed by atoms with Crippen LogP contribution in [0.3, 0.4) is 0 Å². The van der Waals surface area contributed by atoms with E-state index in [-0.39, 0.29) is 50.0 Å². The molecule has 0 bridgehead atoms. The molecule has 0 amide bonds. The Kier molecular flexibility index (Phi) is 20.5. The molecule has 64 heavy (non-hydrogen) atoms. The van der Waals surface area contributed by atoms with Gasteiger partial charge in [-0.25, -0.2) is 18.8 Å². The Morgan fingerprint density at radius 1 is 0.688 bits per heavy atom. The predicted octanol–water partition coefficient (Wildman–Crippen LogP) is 11.1. The summed E-state index contributed by atoms with van der Waals surface area (Å²) in [4.78, 5) is 37.0. The number of unbranched alkanes of at least 4 members (excludes halogenated alkanes) is 2. The van der Waals surface area contributed by atoms with E-state index in [0.717, 1.165) is 57.7 Å². The molecule has 0 aromatic heterocycles. The number of carbonyl (C=O) groups excluding carboxylic acids is 3. The summed E-state index contributed by atoms with van der Waals surface area (Å²) < 4.78 is 39.1. The van der Waals surface area contributed by atoms with E-state index in [9.17, 15) is 24.6 Å². The summed E-state index contributed by atoms with van der Waals surface area (Å²) in [5, 5.41) is 20.5. The van der Waals surface area contributed by atoms with Crippen molar-refractivity contribution in [1.29, 1.82) is 0 Å². The maximum atomic E-state index is 16.4. The number of hydrogen-bond acceptors (Lipinski definition) is 9. The molecule has 1 aliphatic carbocycles. The van der Waals surface area contributed by atoms with Crippen LogP contribution in [0.2, 0.25) is 0 Å². The summed E-state index contributed by atoms with van der Waals surface area (Å²) in [6, 6.07) is 15.7. The third kappa shape index (κ3) is 14.7. The zero-order valence-corrected chi connectivity index (χ0v) is 39.0. The first kappa shape index (κ1) is 51.6. The number of ether oxygens (including phenoxy) is 4.